The van der Waals surface area contributed by atoms with E-state index < -0.39 is 10.0 Å². The van der Waals surface area contributed by atoms with Gasteiger partial charge >= 0.3 is 0 Å². The molecule has 4 rings (SSSR count). The molecule has 1 fully saturated rings. The van der Waals surface area contributed by atoms with Crippen molar-refractivity contribution in [3.63, 3.8) is 0 Å². The highest BCUT2D eigenvalue weighted by molar-refractivity contribution is 7.89. The van der Waals surface area contributed by atoms with Gasteiger partial charge < -0.3 is 4.74 Å². The topological polar surface area (TPSA) is 88.6 Å². The van der Waals surface area contributed by atoms with Crippen LogP contribution < -0.4 is 5.32 Å². The zero-order chi connectivity index (χ0) is 22.3. The third-order valence-electron chi connectivity index (χ3n) is 5.06. The molecule has 3 aromatic rings. The maximum absolute atomic E-state index is 13.0. The van der Waals surface area contributed by atoms with Gasteiger partial charge in [-0.15, -0.1) is 0 Å². The molecule has 10 heteroatoms. The van der Waals surface area contributed by atoms with Crippen molar-refractivity contribution < 1.29 is 17.9 Å². The molecule has 7 nitrogen and oxygen atoms in total. The number of rotatable bonds is 4. The summed E-state index contributed by atoms with van der Waals surface area (Å²) in [5, 5.41) is 3.79. The van der Waals surface area contributed by atoms with Gasteiger partial charge in [-0.3, -0.25) is 10.1 Å². The van der Waals surface area contributed by atoms with Crippen LogP contribution in [0.2, 0.25) is 5.02 Å². The molecule has 1 aliphatic heterocycles. The summed E-state index contributed by atoms with van der Waals surface area (Å²) in [4.78, 5) is 17.3. The van der Waals surface area contributed by atoms with Gasteiger partial charge in [0.05, 0.1) is 32.3 Å². The maximum Gasteiger partial charge on any atom is 0.257 e. The fourth-order valence-electron chi connectivity index (χ4n) is 3.58. The quantitative estimate of drug-likeness (QED) is 0.602. The Bertz CT molecular complexity index is 1190. The molecule has 1 aromatic heterocycles. The second kappa shape index (κ2) is 8.48. The maximum atomic E-state index is 13.0. The summed E-state index contributed by atoms with van der Waals surface area (Å²) < 4.78 is 33.8. The number of benzene rings is 2. The van der Waals surface area contributed by atoms with Crippen LogP contribution >= 0.6 is 22.9 Å². The summed E-state index contributed by atoms with van der Waals surface area (Å²) in [7, 11) is -3.66. The first-order valence-corrected chi connectivity index (χ1v) is 12.4. The number of halogens is 1. The van der Waals surface area contributed by atoms with Crippen LogP contribution in [-0.4, -0.2) is 48.9 Å². The Kier molecular flexibility index (Phi) is 6.06. The third kappa shape index (κ3) is 4.47. The number of ether oxygens (including phenoxy) is 1. The van der Waals surface area contributed by atoms with Crippen LogP contribution in [0.5, 0.6) is 0 Å². The predicted molar refractivity (Wildman–Crippen MR) is 123 cm³/mol. The van der Waals surface area contributed by atoms with Crippen LogP contribution in [0.15, 0.2) is 41.3 Å². The van der Waals surface area contributed by atoms with E-state index >= 15 is 0 Å². The third-order valence-corrected chi connectivity index (χ3v) is 8.34. The molecule has 31 heavy (non-hydrogen) atoms. The minimum Gasteiger partial charge on any atom is -0.373 e. The van der Waals surface area contributed by atoms with Crippen molar-refractivity contribution in [3.8, 4) is 0 Å². The molecule has 1 N–H and O–H groups in total. The molecule has 0 spiro atoms. The average Bonchev–Trinajstić information content (AvgIpc) is 3.15. The lowest BCUT2D eigenvalue weighted by Crippen LogP contribution is -2.48. The molecule has 0 radical (unpaired) electrons. The second-order valence-corrected chi connectivity index (χ2v) is 11.0. The van der Waals surface area contributed by atoms with E-state index in [2.05, 4.69) is 10.3 Å². The normalized spacial score (nSPS) is 20.1. The van der Waals surface area contributed by atoms with E-state index in [0.29, 0.717) is 28.8 Å². The summed E-state index contributed by atoms with van der Waals surface area (Å²) in [5.74, 6) is -0.370. The van der Waals surface area contributed by atoms with Crippen LogP contribution in [-0.2, 0) is 14.8 Å². The highest BCUT2D eigenvalue weighted by Gasteiger charge is 2.32. The van der Waals surface area contributed by atoms with Gasteiger partial charge in [0.2, 0.25) is 10.0 Å². The molecule has 0 aliphatic carbocycles. The van der Waals surface area contributed by atoms with E-state index in [0.717, 1.165) is 15.8 Å². The summed E-state index contributed by atoms with van der Waals surface area (Å²) in [5.41, 5.74) is 2.06. The number of nitrogens with zero attached hydrogens (tertiary/aromatic N) is 2. The van der Waals surface area contributed by atoms with Crippen molar-refractivity contribution in [3.05, 3.63) is 52.5 Å². The lowest BCUT2D eigenvalue weighted by atomic mass is 10.2. The Morgan fingerprint density at radius 2 is 1.81 bits per heavy atom. The van der Waals surface area contributed by atoms with Gasteiger partial charge in [0.1, 0.15) is 0 Å². The van der Waals surface area contributed by atoms with E-state index in [1.165, 1.54) is 39.9 Å². The molecule has 1 aliphatic rings. The Morgan fingerprint density at radius 3 is 2.42 bits per heavy atom. The van der Waals surface area contributed by atoms with E-state index in [9.17, 15) is 13.2 Å². The van der Waals surface area contributed by atoms with Gasteiger partial charge in [-0.1, -0.05) is 29.0 Å². The predicted octanol–water partition coefficient (Wildman–Crippen LogP) is 4.31. The van der Waals surface area contributed by atoms with Crippen molar-refractivity contribution in [2.45, 2.75) is 37.9 Å². The van der Waals surface area contributed by atoms with Gasteiger partial charge in [-0.05, 0) is 56.7 Å². The number of aromatic nitrogens is 1. The number of nitrogens with one attached hydrogen (secondary N) is 1. The lowest BCUT2D eigenvalue weighted by Gasteiger charge is -2.34. The minimum absolute atomic E-state index is 0.146. The first-order valence-electron chi connectivity index (χ1n) is 9.78. The number of sulfonamides is 1. The van der Waals surface area contributed by atoms with Crippen LogP contribution in [0, 0.1) is 6.92 Å². The average molecular weight is 480 g/mol. The summed E-state index contributed by atoms with van der Waals surface area (Å²) in [6.45, 7) is 6.23. The molecule has 2 heterocycles. The molecule has 2 atom stereocenters. The van der Waals surface area contributed by atoms with Crippen LogP contribution in [0.4, 0.5) is 5.13 Å². The number of amides is 1. The van der Waals surface area contributed by atoms with Crippen LogP contribution in [0.1, 0.15) is 29.8 Å². The van der Waals surface area contributed by atoms with Gasteiger partial charge in [0, 0.05) is 18.7 Å². The lowest BCUT2D eigenvalue weighted by molar-refractivity contribution is -0.0440. The smallest absolute Gasteiger partial charge is 0.257 e. The van der Waals surface area contributed by atoms with E-state index in [1.54, 1.807) is 6.07 Å². The molecular formula is C21H22ClN3O4S2. The van der Waals surface area contributed by atoms with Gasteiger partial charge in [-0.2, -0.15) is 4.31 Å². The van der Waals surface area contributed by atoms with E-state index in [-0.39, 0.29) is 23.0 Å². The van der Waals surface area contributed by atoms with Gasteiger partial charge in [-0.25, -0.2) is 13.4 Å². The highest BCUT2D eigenvalue weighted by Crippen LogP contribution is 2.34. The summed E-state index contributed by atoms with van der Waals surface area (Å²) in [6, 6.07) is 9.59. The Balaban J connectivity index is 1.52. The number of fused-ring (bicyclic) bond motifs is 1. The van der Waals surface area contributed by atoms with Crippen molar-refractivity contribution in [1.82, 2.24) is 9.29 Å². The molecule has 1 amide bonds. The molecule has 164 valence electrons. The zero-order valence-electron chi connectivity index (χ0n) is 17.3. The van der Waals surface area contributed by atoms with Crippen LogP contribution in [0.3, 0.4) is 0 Å². The van der Waals surface area contributed by atoms with E-state index in [1.807, 2.05) is 26.8 Å². The van der Waals surface area contributed by atoms with Crippen LogP contribution in [0.25, 0.3) is 10.2 Å². The molecule has 0 bridgehead atoms. The molecule has 1 saturated heterocycles. The van der Waals surface area contributed by atoms with Crippen molar-refractivity contribution in [1.29, 1.82) is 0 Å². The first kappa shape index (κ1) is 22.2. The second-order valence-electron chi connectivity index (χ2n) is 7.62. The summed E-state index contributed by atoms with van der Waals surface area (Å²) >= 11 is 7.53. The summed E-state index contributed by atoms with van der Waals surface area (Å²) in [6.07, 6.45) is -0.343. The molecule has 2 aromatic carbocycles. The SMILES string of the molecule is Cc1ccc(Cl)c2sc(NC(=O)c3ccc(S(=O)(=O)N4C[C@@H](C)O[C@H](C)C4)cc3)nc12. The fourth-order valence-corrected chi connectivity index (χ4v) is 6.38. The molecular weight excluding hydrogens is 458 g/mol. The number of carbonyl (C=O) groups is 1. The van der Waals surface area contributed by atoms with Crippen molar-refractivity contribution >= 4 is 54.2 Å². The molecule has 0 unspecified atom stereocenters. The van der Waals surface area contributed by atoms with Gasteiger partial charge in [0.15, 0.2) is 5.13 Å². The number of thiazole rings is 1. The van der Waals surface area contributed by atoms with E-state index in [4.69, 9.17) is 16.3 Å². The highest BCUT2D eigenvalue weighted by atomic mass is 35.5. The number of anilines is 1. The molecule has 0 saturated carbocycles. The zero-order valence-corrected chi connectivity index (χ0v) is 19.6. The van der Waals surface area contributed by atoms with Crippen molar-refractivity contribution in [2.24, 2.45) is 0 Å². The number of morpholine rings is 1. The largest absolute Gasteiger partial charge is 0.373 e. The number of hydrogen-bond acceptors (Lipinski definition) is 6. The Hall–Kier alpha value is -2.04. The standard InChI is InChI=1S/C21H22ClN3O4S2/c1-12-4-9-17(22)19-18(12)23-21(30-19)24-20(26)15-5-7-16(8-6-15)31(27,28)25-10-13(2)29-14(3)11-25/h4-9,13-14H,10-11H2,1-3H3,(H,23,24,26)/t13-,14-/m1/s1. The Labute approximate surface area is 190 Å². The number of hydrogen-bond donors (Lipinski definition) is 1. The number of carbonyl (C=O) groups excluding carboxylic acids is 1. The minimum atomic E-state index is -3.66. The van der Waals surface area contributed by atoms with Gasteiger partial charge in [0.25, 0.3) is 5.91 Å². The monoisotopic (exact) mass is 479 g/mol. The number of aryl methyl sites for hydroxylation is 1. The Morgan fingerprint density at radius 1 is 1.16 bits per heavy atom. The fraction of sp³-hybridized carbons (Fsp3) is 0.333. The van der Waals surface area contributed by atoms with Crippen molar-refractivity contribution in [2.75, 3.05) is 18.4 Å². The first-order chi connectivity index (χ1) is 14.6.